The van der Waals surface area contributed by atoms with Gasteiger partial charge in [0.15, 0.2) is 12.4 Å². The molecule has 0 aromatic heterocycles. The molecule has 1 aliphatic rings. The number of hydrogen-bond donors (Lipinski definition) is 4. The van der Waals surface area contributed by atoms with E-state index in [1.807, 2.05) is 6.92 Å². The zero-order chi connectivity index (χ0) is 53.8. The van der Waals surface area contributed by atoms with E-state index in [2.05, 4.69) is 33.0 Å². The molecule has 1 amide bonds. The Morgan fingerprint density at radius 3 is 1.27 bits per heavy atom. The van der Waals surface area contributed by atoms with E-state index in [9.17, 15) is 38.6 Å². The van der Waals surface area contributed by atoms with Crippen LogP contribution in [0.1, 0.15) is 285 Å². The molecule has 1 heterocycles. The van der Waals surface area contributed by atoms with Crippen molar-refractivity contribution in [1.82, 2.24) is 5.32 Å². The number of carbonyl (C=O) groups is 4. The smallest absolute Gasteiger partial charge is 0.462 e. The summed E-state index contributed by atoms with van der Waals surface area (Å²) in [5, 5.41) is 13.3. The lowest BCUT2D eigenvalue weighted by atomic mass is 9.96. The number of phosphoric acid groups is 1. The molecule has 4 N–H and O–H groups in total. The summed E-state index contributed by atoms with van der Waals surface area (Å²) >= 11 is 0. The van der Waals surface area contributed by atoms with Crippen molar-refractivity contribution >= 4 is 31.6 Å². The zero-order valence-electron chi connectivity index (χ0n) is 46.8. The minimum Gasteiger partial charge on any atom is -0.462 e. The van der Waals surface area contributed by atoms with Gasteiger partial charge in [0.05, 0.1) is 19.4 Å². The Hall–Kier alpha value is -2.13. The summed E-state index contributed by atoms with van der Waals surface area (Å²) < 4.78 is 47.8. The van der Waals surface area contributed by atoms with Crippen molar-refractivity contribution in [1.29, 1.82) is 0 Å². The van der Waals surface area contributed by atoms with Crippen LogP contribution in [0.3, 0.4) is 0 Å². The number of aliphatic hydroxyl groups excluding tert-OH is 1. The van der Waals surface area contributed by atoms with Crippen LogP contribution < -0.4 is 5.32 Å². The van der Waals surface area contributed by atoms with E-state index in [0.717, 1.165) is 103 Å². The molecule has 1 fully saturated rings. The van der Waals surface area contributed by atoms with Gasteiger partial charge in [-0.15, -0.1) is 0 Å². The molecule has 0 radical (unpaired) electrons. The highest BCUT2D eigenvalue weighted by molar-refractivity contribution is 7.46. The molecule has 0 unspecified atom stereocenters. The van der Waals surface area contributed by atoms with Crippen LogP contribution in [0, 0.1) is 0 Å². The first-order chi connectivity index (χ1) is 35.3. The highest BCUT2D eigenvalue weighted by atomic mass is 31.2. The normalized spacial score (nSPS) is 18.8. The van der Waals surface area contributed by atoms with Crippen LogP contribution in [-0.4, -0.2) is 94.8 Å². The average Bonchev–Trinajstić information content (AvgIpc) is 3.34. The molecule has 7 atom stereocenters. The van der Waals surface area contributed by atoms with E-state index >= 15 is 0 Å². The number of hydrogen-bond acceptors (Lipinski definition) is 12. The zero-order valence-corrected chi connectivity index (χ0v) is 47.7. The molecule has 0 aliphatic carbocycles. The number of rotatable bonds is 50. The highest BCUT2D eigenvalue weighted by Gasteiger charge is 2.52. The van der Waals surface area contributed by atoms with Crippen LogP contribution in [0.4, 0.5) is 0 Å². The number of carbonyl (C=O) groups excluding carboxylic acids is 4. The van der Waals surface area contributed by atoms with Crippen molar-refractivity contribution in [2.75, 3.05) is 13.2 Å². The van der Waals surface area contributed by atoms with Crippen molar-refractivity contribution in [3.05, 3.63) is 0 Å². The topological polar surface area (TPSA) is 213 Å². The minimum absolute atomic E-state index is 0.132. The van der Waals surface area contributed by atoms with Crippen molar-refractivity contribution < 1.29 is 66.8 Å². The first-order valence-electron chi connectivity index (χ1n) is 29.8. The minimum atomic E-state index is -5.32. The molecule has 0 spiro atoms. The van der Waals surface area contributed by atoms with Crippen LogP contribution in [-0.2, 0) is 52.0 Å². The van der Waals surface area contributed by atoms with Crippen LogP contribution in [0.25, 0.3) is 0 Å². The SMILES string of the molecule is CCCCCCCCCCC[C@H](CC(=O)N[C@H]1[C@H](OCCC)O[C@H](CO)[C@@H](OP(=O)(O)O)[C@@H]1OC(=O)C[C@@H](CCCCCCCCCCC)OC(=O)CCCCCCCCC)OC(=O)CCCCCCCCC. The third kappa shape index (κ3) is 37.3. The van der Waals surface area contributed by atoms with Crippen molar-refractivity contribution in [3.63, 3.8) is 0 Å². The molecule has 0 aromatic carbocycles. The summed E-state index contributed by atoms with van der Waals surface area (Å²) in [6.45, 7) is 9.94. The lowest BCUT2D eigenvalue weighted by molar-refractivity contribution is -0.271. The summed E-state index contributed by atoms with van der Waals surface area (Å²) in [6.07, 6.45) is 27.6. The van der Waals surface area contributed by atoms with E-state index in [1.165, 1.54) is 83.5 Å². The van der Waals surface area contributed by atoms with Crippen molar-refractivity contribution in [2.45, 2.75) is 328 Å². The van der Waals surface area contributed by atoms with E-state index in [0.29, 0.717) is 38.5 Å². The third-order valence-electron chi connectivity index (χ3n) is 13.8. The van der Waals surface area contributed by atoms with Crippen LogP contribution in [0.5, 0.6) is 0 Å². The Morgan fingerprint density at radius 1 is 0.507 bits per heavy atom. The number of phosphoric ester groups is 1. The summed E-state index contributed by atoms with van der Waals surface area (Å²) in [6, 6.07) is -1.38. The molecule has 73 heavy (non-hydrogen) atoms. The van der Waals surface area contributed by atoms with Gasteiger partial charge in [-0.05, 0) is 44.9 Å². The second-order valence-electron chi connectivity index (χ2n) is 20.8. The van der Waals surface area contributed by atoms with E-state index in [1.54, 1.807) is 0 Å². The second kappa shape index (κ2) is 46.0. The number of amides is 1. The molecular formula is C57H108NO14P. The number of ether oxygens (including phenoxy) is 5. The van der Waals surface area contributed by atoms with Gasteiger partial charge in [0, 0.05) is 19.4 Å². The second-order valence-corrected chi connectivity index (χ2v) is 22.0. The van der Waals surface area contributed by atoms with Gasteiger partial charge in [-0.25, -0.2) is 4.57 Å². The molecule has 15 nitrogen and oxygen atoms in total. The highest BCUT2D eigenvalue weighted by Crippen LogP contribution is 2.42. The molecule has 0 aromatic rings. The Labute approximate surface area is 443 Å². The lowest BCUT2D eigenvalue weighted by Crippen LogP contribution is -2.66. The van der Waals surface area contributed by atoms with Gasteiger partial charge in [0.1, 0.15) is 30.5 Å². The van der Waals surface area contributed by atoms with Gasteiger partial charge >= 0.3 is 25.7 Å². The Bertz CT molecular complexity index is 1420. The average molecular weight is 1060 g/mol. The molecule has 16 heteroatoms. The van der Waals surface area contributed by atoms with Gasteiger partial charge in [0.2, 0.25) is 5.91 Å². The van der Waals surface area contributed by atoms with Gasteiger partial charge in [-0.2, -0.15) is 0 Å². The van der Waals surface area contributed by atoms with Gasteiger partial charge < -0.3 is 43.9 Å². The number of nitrogens with one attached hydrogen (secondary N) is 1. The van der Waals surface area contributed by atoms with Crippen LogP contribution >= 0.6 is 7.82 Å². The Kier molecular flexibility index (Phi) is 43.4. The van der Waals surface area contributed by atoms with Crippen molar-refractivity contribution in [3.8, 4) is 0 Å². The first-order valence-corrected chi connectivity index (χ1v) is 31.3. The summed E-state index contributed by atoms with van der Waals surface area (Å²) in [5.74, 6) is -2.23. The molecular weight excluding hydrogens is 954 g/mol. The van der Waals surface area contributed by atoms with Crippen molar-refractivity contribution in [2.24, 2.45) is 0 Å². The predicted octanol–water partition coefficient (Wildman–Crippen LogP) is 13.7. The van der Waals surface area contributed by atoms with Gasteiger partial charge in [0.25, 0.3) is 0 Å². The first kappa shape index (κ1) is 68.9. The Balaban J connectivity index is 3.37. The van der Waals surface area contributed by atoms with E-state index in [4.69, 9.17) is 28.2 Å². The van der Waals surface area contributed by atoms with Crippen LogP contribution in [0.15, 0.2) is 0 Å². The fourth-order valence-corrected chi connectivity index (χ4v) is 10.1. The molecule has 1 aliphatic heterocycles. The molecule has 0 bridgehead atoms. The number of aliphatic hydroxyl groups is 1. The van der Waals surface area contributed by atoms with Gasteiger partial charge in [-0.1, -0.05) is 214 Å². The number of esters is 3. The summed E-state index contributed by atoms with van der Waals surface area (Å²) in [4.78, 5) is 75.1. The predicted molar refractivity (Wildman–Crippen MR) is 289 cm³/mol. The standard InChI is InChI=1S/C57H108NO14P/c1-6-11-15-19-23-25-29-31-35-39-47(68-51(61)41-37-33-27-21-17-13-8-3)44-50(60)58-54-56(55(72-73(64,65)66)49(46-59)70-57(54)67-43-10-5)71-53(63)45-48(40-36-32-30-26-24-20-16-12-7-2)69-52(62)42-38-34-28-22-18-14-9-4/h47-49,54-57,59H,6-46H2,1-5H3,(H,58,60)(H2,64,65,66)/t47-,48-,49-,54-,55-,56-,57-/m1/s1. The van der Waals surface area contributed by atoms with E-state index in [-0.39, 0.29) is 38.3 Å². The third-order valence-corrected chi connectivity index (χ3v) is 14.3. The maximum absolute atomic E-state index is 14.2. The number of unbranched alkanes of at least 4 members (excludes halogenated alkanes) is 28. The lowest BCUT2D eigenvalue weighted by Gasteiger charge is -2.45. The fourth-order valence-electron chi connectivity index (χ4n) is 9.56. The summed E-state index contributed by atoms with van der Waals surface area (Å²) in [7, 11) is -5.32. The molecule has 0 saturated carbocycles. The van der Waals surface area contributed by atoms with Crippen LogP contribution in [0.2, 0.25) is 0 Å². The Morgan fingerprint density at radius 2 is 0.890 bits per heavy atom. The molecule has 430 valence electrons. The maximum atomic E-state index is 14.2. The fraction of sp³-hybridized carbons (Fsp3) is 0.930. The quantitative estimate of drug-likeness (QED) is 0.0193. The van der Waals surface area contributed by atoms with E-state index < -0.39 is 75.1 Å². The molecule has 1 rings (SSSR count). The molecule has 1 saturated heterocycles. The van der Waals surface area contributed by atoms with Gasteiger partial charge in [-0.3, -0.25) is 23.7 Å². The largest absolute Gasteiger partial charge is 0.470 e. The maximum Gasteiger partial charge on any atom is 0.470 e. The monoisotopic (exact) mass is 1060 g/mol. The summed E-state index contributed by atoms with van der Waals surface area (Å²) in [5.41, 5.74) is 0.